The van der Waals surface area contributed by atoms with Crippen LogP contribution in [0.25, 0.3) is 0 Å². The molecule has 0 amide bonds. The van der Waals surface area contributed by atoms with Crippen molar-refractivity contribution in [1.82, 2.24) is 0 Å². The SMILES string of the molecule is O=S(=O)([O-])[O-].O=S(=O)([O-])[O-].O=S(=O)([O-])[O-].O=S(=O)([O-])[O-].O=S(=O)([O-])[O-].O=S(=O)([O-])[O-].[Fe+3].[Fe+3].[Fe+3].[Fe+3]. The van der Waals surface area contributed by atoms with E-state index in [1.54, 1.807) is 0 Å². The monoisotopic (exact) mass is 799 g/mol. The van der Waals surface area contributed by atoms with Crippen LogP contribution in [-0.4, -0.2) is 105 Å². The maximum Gasteiger partial charge on any atom is 3.00 e. The minimum absolute atomic E-state index is 0. The molecular weight excluding hydrogens is 800 g/mol. The van der Waals surface area contributed by atoms with Crippen molar-refractivity contribution in [3.05, 3.63) is 0 Å². The number of rotatable bonds is 0. The van der Waals surface area contributed by atoms with Crippen LogP contribution in [0.5, 0.6) is 0 Å². The summed E-state index contributed by atoms with van der Waals surface area (Å²) in [5, 5.41) is 0. The molecule has 0 bridgehead atoms. The molecule has 0 heterocycles. The smallest absolute Gasteiger partial charge is 0.759 e. The van der Waals surface area contributed by atoms with Crippen molar-refractivity contribution in [3.8, 4) is 0 Å². The number of hydrogen-bond donors (Lipinski definition) is 0. The first-order valence-corrected chi connectivity index (χ1v) is 12.0. The molecule has 0 N–H and O–H groups in total. The third kappa shape index (κ3) is 20600. The van der Waals surface area contributed by atoms with Crippen molar-refractivity contribution >= 4 is 62.4 Å². The van der Waals surface area contributed by atoms with Gasteiger partial charge in [0.1, 0.15) is 0 Å². The Morgan fingerprint density at radius 3 is 0.206 bits per heavy atom. The summed E-state index contributed by atoms with van der Waals surface area (Å²) in [5.74, 6) is 0. The summed E-state index contributed by atoms with van der Waals surface area (Å²) >= 11 is 0. The van der Waals surface area contributed by atoms with Gasteiger partial charge in [-0.3, -0.25) is 50.5 Å². The molecule has 0 aliphatic heterocycles. The molecule has 0 fully saturated rings. The minimum Gasteiger partial charge on any atom is -0.759 e. The van der Waals surface area contributed by atoms with Gasteiger partial charge < -0.3 is 54.6 Å². The predicted octanol–water partition coefficient (Wildman–Crippen LogP) is -8.04. The van der Waals surface area contributed by atoms with Crippen molar-refractivity contribution < 1.29 is 173 Å². The molecule has 0 saturated carbocycles. The Kier molecular flexibility index (Phi) is 52.2. The number of hydrogen-bond acceptors (Lipinski definition) is 24. The van der Waals surface area contributed by atoms with E-state index in [4.69, 9.17) is 105 Å². The molecule has 0 aliphatic rings. The van der Waals surface area contributed by atoms with Crippen LogP contribution in [0.4, 0.5) is 0 Å². The molecule has 0 aliphatic carbocycles. The molecule has 4 radical (unpaired) electrons. The van der Waals surface area contributed by atoms with E-state index in [0.717, 1.165) is 0 Å². The zero-order valence-corrected chi connectivity index (χ0v) is 23.0. The Morgan fingerprint density at radius 1 is 0.206 bits per heavy atom. The summed E-state index contributed by atoms with van der Waals surface area (Å²) in [5.41, 5.74) is 0. The van der Waals surface area contributed by atoms with Gasteiger partial charge in [-0.15, -0.1) is 0 Å². The van der Waals surface area contributed by atoms with Gasteiger partial charge in [0, 0.05) is 62.4 Å². The van der Waals surface area contributed by atoms with Crippen LogP contribution in [0.1, 0.15) is 0 Å². The van der Waals surface area contributed by atoms with E-state index in [9.17, 15) is 0 Å². The van der Waals surface area contributed by atoms with Gasteiger partial charge in [-0.05, 0) is 0 Å². The summed E-state index contributed by atoms with van der Waals surface area (Å²) in [6.45, 7) is 0. The van der Waals surface area contributed by atoms with Crippen molar-refractivity contribution in [2.24, 2.45) is 0 Å². The molecule has 34 heteroatoms. The van der Waals surface area contributed by atoms with Crippen molar-refractivity contribution in [2.75, 3.05) is 0 Å². The van der Waals surface area contributed by atoms with Crippen LogP contribution in [0.15, 0.2) is 0 Å². The molecular formula is Fe4O24S6. The van der Waals surface area contributed by atoms with Gasteiger partial charge in [-0.25, -0.2) is 0 Å². The van der Waals surface area contributed by atoms with Crippen molar-refractivity contribution in [2.45, 2.75) is 0 Å². The molecule has 0 aromatic heterocycles. The van der Waals surface area contributed by atoms with E-state index in [-0.39, 0.29) is 68.3 Å². The predicted molar refractivity (Wildman–Crippen MR) is 62.8 cm³/mol. The van der Waals surface area contributed by atoms with Crippen LogP contribution in [0, 0.1) is 0 Å². The molecule has 34 heavy (non-hydrogen) atoms. The van der Waals surface area contributed by atoms with Gasteiger partial charge in [0.2, 0.25) is 0 Å². The summed E-state index contributed by atoms with van der Waals surface area (Å²) in [7, 11) is -31.0. The van der Waals surface area contributed by atoms with Gasteiger partial charge in [0.05, 0.1) is 0 Å². The first kappa shape index (κ1) is 64.9. The Bertz CT molecular complexity index is 771. The molecule has 0 atom stereocenters. The fourth-order valence-electron chi connectivity index (χ4n) is 0. The van der Waals surface area contributed by atoms with Crippen LogP contribution >= 0.6 is 0 Å². The topological polar surface area (TPSA) is 482 Å². The summed E-state index contributed by atoms with van der Waals surface area (Å²) in [4.78, 5) is 0. The summed E-state index contributed by atoms with van der Waals surface area (Å²) in [6.07, 6.45) is 0. The van der Waals surface area contributed by atoms with E-state index in [2.05, 4.69) is 0 Å². The Balaban J connectivity index is -0.0000000248. The van der Waals surface area contributed by atoms with E-state index in [1.807, 2.05) is 0 Å². The largest absolute Gasteiger partial charge is 3.00 e. The maximum atomic E-state index is 8.52. The molecule has 24 nitrogen and oxygen atoms in total. The van der Waals surface area contributed by atoms with E-state index < -0.39 is 62.4 Å². The third-order valence-electron chi connectivity index (χ3n) is 0. The fourth-order valence-corrected chi connectivity index (χ4v) is 0. The molecule has 0 spiro atoms. The van der Waals surface area contributed by atoms with Crippen molar-refractivity contribution in [1.29, 1.82) is 0 Å². The average Bonchev–Trinajstić information content (AvgIpc) is 1.94. The van der Waals surface area contributed by atoms with E-state index >= 15 is 0 Å². The van der Waals surface area contributed by atoms with Crippen LogP contribution < -0.4 is 0 Å². The van der Waals surface area contributed by atoms with Gasteiger partial charge in [-0.1, -0.05) is 0 Å². The normalized spacial score (nSPS) is 10.2. The fraction of sp³-hybridized carbons (Fsp3) is 0. The summed E-state index contributed by atoms with van der Waals surface area (Å²) < 4.78 is 205. The average molecular weight is 800 g/mol. The molecule has 0 aromatic rings. The first-order chi connectivity index (χ1) is 12.0. The van der Waals surface area contributed by atoms with Gasteiger partial charge in [-0.2, -0.15) is 0 Å². The second kappa shape index (κ2) is 27.3. The second-order valence-electron chi connectivity index (χ2n) is 2.45. The summed E-state index contributed by atoms with van der Waals surface area (Å²) in [6, 6.07) is 0. The van der Waals surface area contributed by atoms with E-state index in [0.29, 0.717) is 0 Å². The van der Waals surface area contributed by atoms with Gasteiger partial charge in [0.15, 0.2) is 0 Å². The van der Waals surface area contributed by atoms with Crippen LogP contribution in [-0.2, 0) is 131 Å². The van der Waals surface area contributed by atoms with Crippen LogP contribution in [0.2, 0.25) is 0 Å². The van der Waals surface area contributed by atoms with Crippen LogP contribution in [0.3, 0.4) is 0 Å². The van der Waals surface area contributed by atoms with Gasteiger partial charge >= 0.3 is 68.3 Å². The molecule has 0 rings (SSSR count). The Hall–Kier alpha value is 1.30. The van der Waals surface area contributed by atoms with Gasteiger partial charge in [0.25, 0.3) is 0 Å². The first-order valence-electron chi connectivity index (χ1n) is 4.00. The molecule has 0 saturated heterocycles. The molecule has 212 valence electrons. The third-order valence-corrected chi connectivity index (χ3v) is 0. The van der Waals surface area contributed by atoms with E-state index in [1.165, 1.54) is 0 Å². The zero-order valence-electron chi connectivity index (χ0n) is 13.7. The Morgan fingerprint density at radius 2 is 0.206 bits per heavy atom. The molecule has 0 aromatic carbocycles. The minimum atomic E-state index is -5.17. The Labute approximate surface area is 234 Å². The zero-order chi connectivity index (χ0) is 27.0. The quantitative estimate of drug-likeness (QED) is 0.125. The van der Waals surface area contributed by atoms with Crippen molar-refractivity contribution in [3.63, 3.8) is 0 Å². The molecule has 0 unspecified atom stereocenters. The standard InChI is InChI=1S/4Fe.6H2O4S/c;;;;6*1-5(2,3)4/h;;;;6*(H2,1,2,3,4)/q4*+3;;;;;;/p-12. The second-order valence-corrected chi connectivity index (χ2v) is 7.35. The maximum absolute atomic E-state index is 8.52.